The largest absolute Gasteiger partial charge is 0.382 e. The normalized spacial score (nSPS) is 15.7. The number of anilines is 3. The minimum Gasteiger partial charge on any atom is -0.382 e. The highest BCUT2D eigenvalue weighted by Gasteiger charge is 2.31. The number of rotatable bonds is 7. The molecule has 27 heavy (non-hydrogen) atoms. The van der Waals surface area contributed by atoms with Crippen molar-refractivity contribution in [2.75, 3.05) is 41.7 Å². The first-order chi connectivity index (χ1) is 13.2. The van der Waals surface area contributed by atoms with Crippen LogP contribution in [-0.2, 0) is 4.79 Å². The van der Waals surface area contributed by atoms with Crippen molar-refractivity contribution < 1.29 is 9.59 Å². The van der Waals surface area contributed by atoms with Gasteiger partial charge in [0.25, 0.3) is 5.91 Å². The zero-order valence-electron chi connectivity index (χ0n) is 14.9. The molecule has 2 aliphatic rings. The molecular weight excluding hydrogens is 344 g/mol. The molecule has 3 heterocycles. The smallest absolute Gasteiger partial charge is 0.252 e. The fraction of sp³-hybridized carbons (Fsp3) is 0.368. The van der Waals surface area contributed by atoms with Gasteiger partial charge in [0.05, 0.1) is 23.5 Å². The van der Waals surface area contributed by atoms with Crippen molar-refractivity contribution in [2.45, 2.75) is 12.8 Å². The molecule has 1 saturated carbocycles. The van der Waals surface area contributed by atoms with Gasteiger partial charge in [-0.3, -0.25) is 14.6 Å². The maximum atomic E-state index is 12.4. The fourth-order valence-corrected chi connectivity index (χ4v) is 3.02. The number of nitrogens with one attached hydrogen (secondary N) is 3. The topological polar surface area (TPSA) is 99.2 Å². The SMILES string of the molecule is O=C(NCCNc1cccnc1)c1cnc2c(c1)N(CC1CC1)C(=O)CN2. The van der Waals surface area contributed by atoms with Gasteiger partial charge in [0.15, 0.2) is 0 Å². The molecule has 8 heteroatoms. The Balaban J connectivity index is 1.37. The molecule has 0 bridgehead atoms. The first-order valence-electron chi connectivity index (χ1n) is 9.17. The van der Waals surface area contributed by atoms with Gasteiger partial charge >= 0.3 is 0 Å². The highest BCUT2D eigenvalue weighted by molar-refractivity contribution is 6.04. The number of pyridine rings is 2. The van der Waals surface area contributed by atoms with Crippen LogP contribution in [0.1, 0.15) is 23.2 Å². The Labute approximate surface area is 157 Å². The molecule has 0 spiro atoms. The number of carbonyl (C=O) groups is 2. The highest BCUT2D eigenvalue weighted by atomic mass is 16.2. The molecule has 4 rings (SSSR count). The maximum absolute atomic E-state index is 12.4. The second kappa shape index (κ2) is 7.61. The average Bonchev–Trinajstić information content (AvgIpc) is 3.52. The summed E-state index contributed by atoms with van der Waals surface area (Å²) >= 11 is 0. The molecule has 0 atom stereocenters. The van der Waals surface area contributed by atoms with E-state index in [1.165, 1.54) is 0 Å². The van der Waals surface area contributed by atoms with Gasteiger partial charge in [-0.25, -0.2) is 4.98 Å². The first kappa shape index (κ1) is 17.3. The minimum absolute atomic E-state index is 0.0226. The molecule has 8 nitrogen and oxygen atoms in total. The third kappa shape index (κ3) is 4.16. The van der Waals surface area contributed by atoms with Gasteiger partial charge in [-0.1, -0.05) is 0 Å². The van der Waals surface area contributed by atoms with E-state index in [2.05, 4.69) is 25.9 Å². The second-order valence-corrected chi connectivity index (χ2v) is 6.82. The van der Waals surface area contributed by atoms with Crippen molar-refractivity contribution in [1.29, 1.82) is 0 Å². The summed E-state index contributed by atoms with van der Waals surface area (Å²) in [4.78, 5) is 34.8. The quantitative estimate of drug-likeness (QED) is 0.642. The molecule has 140 valence electrons. The Morgan fingerprint density at radius 2 is 2.19 bits per heavy atom. The van der Waals surface area contributed by atoms with E-state index < -0.39 is 0 Å². The summed E-state index contributed by atoms with van der Waals surface area (Å²) in [5, 5.41) is 9.08. The molecule has 0 saturated heterocycles. The summed E-state index contributed by atoms with van der Waals surface area (Å²) in [5.41, 5.74) is 2.05. The van der Waals surface area contributed by atoms with Gasteiger partial charge in [-0.05, 0) is 37.0 Å². The summed E-state index contributed by atoms with van der Waals surface area (Å²) in [6.45, 7) is 2.00. The van der Waals surface area contributed by atoms with Gasteiger partial charge < -0.3 is 20.9 Å². The molecule has 1 aliphatic heterocycles. The summed E-state index contributed by atoms with van der Waals surface area (Å²) in [6, 6.07) is 5.52. The summed E-state index contributed by atoms with van der Waals surface area (Å²) in [6.07, 6.45) is 7.30. The highest BCUT2D eigenvalue weighted by Crippen LogP contribution is 2.35. The summed E-state index contributed by atoms with van der Waals surface area (Å²) in [5.74, 6) is 1.04. The van der Waals surface area contributed by atoms with Crippen molar-refractivity contribution in [3.63, 3.8) is 0 Å². The van der Waals surface area contributed by atoms with Crippen LogP contribution in [0.5, 0.6) is 0 Å². The van der Waals surface area contributed by atoms with Crippen molar-refractivity contribution in [3.05, 3.63) is 42.4 Å². The summed E-state index contributed by atoms with van der Waals surface area (Å²) in [7, 11) is 0. The number of nitrogens with zero attached hydrogens (tertiary/aromatic N) is 3. The predicted molar refractivity (Wildman–Crippen MR) is 103 cm³/mol. The number of hydrogen-bond acceptors (Lipinski definition) is 6. The van der Waals surface area contributed by atoms with Crippen molar-refractivity contribution in [3.8, 4) is 0 Å². The van der Waals surface area contributed by atoms with Crippen LogP contribution in [0.2, 0.25) is 0 Å². The fourth-order valence-electron chi connectivity index (χ4n) is 3.02. The minimum atomic E-state index is -0.206. The lowest BCUT2D eigenvalue weighted by molar-refractivity contribution is -0.117. The van der Waals surface area contributed by atoms with E-state index in [9.17, 15) is 9.59 Å². The van der Waals surface area contributed by atoms with Gasteiger partial charge in [0.2, 0.25) is 5.91 Å². The molecule has 3 N–H and O–H groups in total. The maximum Gasteiger partial charge on any atom is 0.252 e. The standard InChI is InChI=1S/C19H22N6O2/c26-17-11-24-18-16(25(17)12-13-3-4-13)8-14(9-23-18)19(27)22-7-6-21-15-2-1-5-20-10-15/h1-2,5,8-10,13,21H,3-4,6-7,11-12H2,(H,22,27)(H,23,24). The Morgan fingerprint density at radius 3 is 2.96 bits per heavy atom. The Hall–Kier alpha value is -3.16. The Morgan fingerprint density at radius 1 is 1.30 bits per heavy atom. The number of amides is 2. The van der Waals surface area contributed by atoms with Crippen molar-refractivity contribution in [1.82, 2.24) is 15.3 Å². The molecule has 2 aromatic rings. The molecular formula is C19H22N6O2. The third-order valence-corrected chi connectivity index (χ3v) is 4.67. The van der Waals surface area contributed by atoms with Crippen LogP contribution in [-0.4, -0.2) is 48.0 Å². The number of carbonyl (C=O) groups excluding carboxylic acids is 2. The van der Waals surface area contributed by atoms with Crippen molar-refractivity contribution in [2.24, 2.45) is 5.92 Å². The Kier molecular flexibility index (Phi) is 4.86. The van der Waals surface area contributed by atoms with Crippen LogP contribution in [0.4, 0.5) is 17.2 Å². The molecule has 0 unspecified atom stereocenters. The number of aromatic nitrogens is 2. The predicted octanol–water partition coefficient (Wildman–Crippen LogP) is 1.49. The van der Waals surface area contributed by atoms with Crippen LogP contribution in [0.3, 0.4) is 0 Å². The third-order valence-electron chi connectivity index (χ3n) is 4.67. The molecule has 1 fully saturated rings. The van der Waals surface area contributed by atoms with Crippen LogP contribution < -0.4 is 20.9 Å². The van der Waals surface area contributed by atoms with E-state index in [0.717, 1.165) is 18.5 Å². The number of hydrogen-bond donors (Lipinski definition) is 3. The second-order valence-electron chi connectivity index (χ2n) is 6.82. The first-order valence-corrected chi connectivity index (χ1v) is 9.17. The van der Waals surface area contributed by atoms with Crippen LogP contribution in [0.15, 0.2) is 36.8 Å². The van der Waals surface area contributed by atoms with Gasteiger partial charge in [-0.2, -0.15) is 0 Å². The molecule has 0 radical (unpaired) electrons. The van der Waals surface area contributed by atoms with Gasteiger partial charge in [-0.15, -0.1) is 0 Å². The van der Waals surface area contributed by atoms with E-state index in [-0.39, 0.29) is 18.4 Å². The molecule has 2 aromatic heterocycles. The molecule has 2 amide bonds. The Bertz CT molecular complexity index is 837. The monoisotopic (exact) mass is 366 g/mol. The molecule has 0 aromatic carbocycles. The van der Waals surface area contributed by atoms with E-state index >= 15 is 0 Å². The van der Waals surface area contributed by atoms with Gasteiger partial charge in [0, 0.05) is 38.2 Å². The lowest BCUT2D eigenvalue weighted by Gasteiger charge is -2.29. The summed E-state index contributed by atoms with van der Waals surface area (Å²) < 4.78 is 0. The van der Waals surface area contributed by atoms with E-state index in [0.29, 0.717) is 42.6 Å². The van der Waals surface area contributed by atoms with Gasteiger partial charge in [0.1, 0.15) is 5.82 Å². The zero-order valence-corrected chi connectivity index (χ0v) is 14.9. The zero-order chi connectivity index (χ0) is 18.6. The van der Waals surface area contributed by atoms with E-state index in [4.69, 9.17) is 0 Å². The van der Waals surface area contributed by atoms with Crippen LogP contribution >= 0.6 is 0 Å². The lowest BCUT2D eigenvalue weighted by atomic mass is 10.2. The van der Waals surface area contributed by atoms with Crippen LogP contribution in [0.25, 0.3) is 0 Å². The molecule has 1 aliphatic carbocycles. The average molecular weight is 366 g/mol. The van der Waals surface area contributed by atoms with Crippen molar-refractivity contribution >= 4 is 29.0 Å². The van der Waals surface area contributed by atoms with Crippen LogP contribution in [0, 0.1) is 5.92 Å². The number of fused-ring (bicyclic) bond motifs is 1. The van der Waals surface area contributed by atoms with E-state index in [1.54, 1.807) is 29.6 Å². The van der Waals surface area contributed by atoms with E-state index in [1.807, 2.05) is 12.1 Å². The lowest BCUT2D eigenvalue weighted by Crippen LogP contribution is -2.41.